The van der Waals surface area contributed by atoms with E-state index in [1.54, 1.807) is 0 Å². The Morgan fingerprint density at radius 1 is 0.536 bits per heavy atom. The molecule has 0 saturated carbocycles. The molecule has 0 saturated heterocycles. The van der Waals surface area contributed by atoms with Crippen LogP contribution in [0.5, 0.6) is 0 Å². The zero-order chi connectivity index (χ0) is 37.2. The van der Waals surface area contributed by atoms with Crippen molar-refractivity contribution < 1.29 is 0 Å². The van der Waals surface area contributed by atoms with Gasteiger partial charge in [-0.1, -0.05) is 146 Å². The highest BCUT2D eigenvalue weighted by Gasteiger charge is 2.22. The summed E-state index contributed by atoms with van der Waals surface area (Å²) in [5.74, 6) is 1.48. The van der Waals surface area contributed by atoms with Gasteiger partial charge in [0.2, 0.25) is 0 Å². The summed E-state index contributed by atoms with van der Waals surface area (Å²) in [6.45, 7) is 2.35. The van der Waals surface area contributed by atoms with Crippen molar-refractivity contribution in [2.75, 3.05) is 0 Å². The fourth-order valence-electron chi connectivity index (χ4n) is 9.37. The topological polar surface area (TPSA) is 17.8 Å². The molecule has 3 aliphatic carbocycles. The Bertz CT molecular complexity index is 3110. The molecule has 0 radical (unpaired) electrons. The number of rotatable bonds is 5. The lowest BCUT2D eigenvalue weighted by Crippen LogP contribution is -2.33. The molecule has 0 fully saturated rings. The molecule has 7 aromatic carbocycles. The maximum atomic E-state index is 5.21. The van der Waals surface area contributed by atoms with E-state index in [1.165, 1.54) is 87.5 Å². The summed E-state index contributed by atoms with van der Waals surface area (Å²) in [6.07, 6.45) is 21.7. The van der Waals surface area contributed by atoms with Gasteiger partial charge in [-0.15, -0.1) is 0 Å². The van der Waals surface area contributed by atoms with Gasteiger partial charge in [-0.3, -0.25) is 4.57 Å². The van der Waals surface area contributed by atoms with Gasteiger partial charge in [0.15, 0.2) is 0 Å². The Hall–Kier alpha value is -6.51. The molecule has 56 heavy (non-hydrogen) atoms. The van der Waals surface area contributed by atoms with Crippen LogP contribution in [0.25, 0.3) is 101 Å². The summed E-state index contributed by atoms with van der Waals surface area (Å²) in [5.41, 5.74) is 12.4. The van der Waals surface area contributed by atoms with Gasteiger partial charge in [-0.05, 0) is 145 Å². The van der Waals surface area contributed by atoms with Crippen LogP contribution < -0.4 is 10.4 Å². The van der Waals surface area contributed by atoms with Crippen LogP contribution in [0.2, 0.25) is 0 Å². The number of benzene rings is 7. The molecule has 2 nitrogen and oxygen atoms in total. The van der Waals surface area contributed by atoms with Gasteiger partial charge < -0.3 is 0 Å². The molecule has 2 heteroatoms. The number of nitrogens with zero attached hydrogens (tertiary/aromatic N) is 2. The summed E-state index contributed by atoms with van der Waals surface area (Å²) in [5, 5.41) is 10.3. The normalized spacial score (nSPS) is 16.0. The number of imidazole rings is 1. The standard InChI is InChI=1S/C54H42N2/c1-35-19-29-46-48(31-35)53(44-27-23-37-12-6-8-14-41(37)33-44)49-34-42(28-30-47(49)52(46)43-26-22-36-11-5-7-13-40(36)32-43)38-20-24-39(25-21-38)54-55-50-17-9-10-18-51(50)56(54)45-15-3-2-4-16-45/h3,5-9,11-17,20-35H,2,4,10,18-19H2,1H3. The van der Waals surface area contributed by atoms with Gasteiger partial charge in [-0.2, -0.15) is 0 Å². The van der Waals surface area contributed by atoms with Crippen molar-refractivity contribution in [3.05, 3.63) is 174 Å². The molecular formula is C54H42N2. The van der Waals surface area contributed by atoms with E-state index in [-0.39, 0.29) is 0 Å². The smallest absolute Gasteiger partial charge is 0.145 e. The highest BCUT2D eigenvalue weighted by Crippen LogP contribution is 2.38. The third-order valence-corrected chi connectivity index (χ3v) is 12.1. The van der Waals surface area contributed by atoms with E-state index in [4.69, 9.17) is 4.98 Å². The lowest BCUT2D eigenvalue weighted by atomic mass is 9.83. The van der Waals surface area contributed by atoms with Crippen LogP contribution >= 0.6 is 0 Å². The minimum Gasteiger partial charge on any atom is -0.296 e. The summed E-state index contributed by atoms with van der Waals surface area (Å²) in [7, 11) is 0. The van der Waals surface area contributed by atoms with Crippen LogP contribution in [0.3, 0.4) is 0 Å². The Kier molecular flexibility index (Phi) is 7.84. The minimum absolute atomic E-state index is 0.452. The van der Waals surface area contributed by atoms with Crippen molar-refractivity contribution in [1.82, 2.24) is 9.55 Å². The van der Waals surface area contributed by atoms with Crippen molar-refractivity contribution >= 4 is 56.2 Å². The zero-order valence-corrected chi connectivity index (χ0v) is 31.7. The molecule has 0 bridgehead atoms. The van der Waals surface area contributed by atoms with Crippen molar-refractivity contribution in [3.8, 4) is 44.8 Å². The zero-order valence-electron chi connectivity index (χ0n) is 31.7. The van der Waals surface area contributed by atoms with Gasteiger partial charge in [0.25, 0.3) is 0 Å². The predicted molar refractivity (Wildman–Crippen MR) is 238 cm³/mol. The van der Waals surface area contributed by atoms with Crippen molar-refractivity contribution in [2.45, 2.75) is 39.0 Å². The van der Waals surface area contributed by atoms with Gasteiger partial charge in [0, 0.05) is 11.3 Å². The SMILES string of the molecule is CC1C=c2c(-c3ccc4ccccc4c3)c3cc(-c4ccc(-c5nc6c(n5C5=CCCC=C5)CCC=C6)cc4)ccc3c(-c3ccc4ccccc4c3)c2=CC1. The van der Waals surface area contributed by atoms with Crippen LogP contribution in [-0.2, 0) is 6.42 Å². The summed E-state index contributed by atoms with van der Waals surface area (Å²) in [6, 6.07) is 47.7. The quantitative estimate of drug-likeness (QED) is 0.173. The first kappa shape index (κ1) is 32.9. The molecule has 3 aliphatic rings. The van der Waals surface area contributed by atoms with E-state index in [9.17, 15) is 0 Å². The van der Waals surface area contributed by atoms with Crippen molar-refractivity contribution in [1.29, 1.82) is 0 Å². The number of hydrogen-bond donors (Lipinski definition) is 0. The summed E-state index contributed by atoms with van der Waals surface area (Å²) < 4.78 is 2.40. The minimum atomic E-state index is 0.452. The highest BCUT2D eigenvalue weighted by atomic mass is 15.1. The Morgan fingerprint density at radius 3 is 1.89 bits per heavy atom. The fourth-order valence-corrected chi connectivity index (χ4v) is 9.37. The van der Waals surface area contributed by atoms with Crippen molar-refractivity contribution in [3.63, 3.8) is 0 Å². The average Bonchev–Trinajstić information content (AvgIpc) is 3.65. The molecule has 1 atom stereocenters. The van der Waals surface area contributed by atoms with E-state index in [0.717, 1.165) is 49.2 Å². The molecule has 8 aromatic rings. The molecule has 0 amide bonds. The number of fused-ring (bicyclic) bond motifs is 5. The van der Waals surface area contributed by atoms with Crippen LogP contribution in [-0.4, -0.2) is 9.55 Å². The average molecular weight is 719 g/mol. The molecule has 11 rings (SSSR count). The van der Waals surface area contributed by atoms with Gasteiger partial charge in [0.05, 0.1) is 11.4 Å². The first-order valence-electron chi connectivity index (χ1n) is 20.2. The Labute approximate surface area is 327 Å². The first-order valence-corrected chi connectivity index (χ1v) is 20.2. The van der Waals surface area contributed by atoms with E-state index in [2.05, 4.69) is 181 Å². The molecule has 0 spiro atoms. The molecule has 0 N–H and O–H groups in total. The second kappa shape index (κ2) is 13.4. The maximum absolute atomic E-state index is 5.21. The predicted octanol–water partition coefficient (Wildman–Crippen LogP) is 12.8. The van der Waals surface area contributed by atoms with Gasteiger partial charge >= 0.3 is 0 Å². The maximum Gasteiger partial charge on any atom is 0.145 e. The largest absolute Gasteiger partial charge is 0.296 e. The van der Waals surface area contributed by atoms with E-state index in [1.807, 2.05) is 0 Å². The van der Waals surface area contributed by atoms with E-state index in [0.29, 0.717) is 5.92 Å². The highest BCUT2D eigenvalue weighted by molar-refractivity contribution is 6.09. The van der Waals surface area contributed by atoms with E-state index >= 15 is 0 Å². The second-order valence-electron chi connectivity index (χ2n) is 15.8. The van der Waals surface area contributed by atoms with Crippen LogP contribution in [0, 0.1) is 5.92 Å². The molecule has 0 aliphatic heterocycles. The second-order valence-corrected chi connectivity index (χ2v) is 15.8. The molecule has 1 heterocycles. The number of allylic oxidation sites excluding steroid dienone is 5. The summed E-state index contributed by atoms with van der Waals surface area (Å²) in [4.78, 5) is 5.21. The number of aromatic nitrogens is 2. The fraction of sp³-hybridized carbons (Fsp3) is 0.130. The summed E-state index contributed by atoms with van der Waals surface area (Å²) >= 11 is 0. The molecule has 1 aromatic heterocycles. The number of hydrogen-bond acceptors (Lipinski definition) is 1. The van der Waals surface area contributed by atoms with Crippen LogP contribution in [0.1, 0.15) is 44.0 Å². The van der Waals surface area contributed by atoms with Crippen molar-refractivity contribution in [2.24, 2.45) is 5.92 Å². The molecule has 268 valence electrons. The van der Waals surface area contributed by atoms with Crippen LogP contribution in [0.4, 0.5) is 0 Å². The Morgan fingerprint density at radius 2 is 1.18 bits per heavy atom. The van der Waals surface area contributed by atoms with Gasteiger partial charge in [-0.25, -0.2) is 4.98 Å². The first-order chi connectivity index (χ1) is 27.7. The Balaban J connectivity index is 1.12. The monoisotopic (exact) mass is 718 g/mol. The third kappa shape index (κ3) is 5.51. The third-order valence-electron chi connectivity index (χ3n) is 12.1. The van der Waals surface area contributed by atoms with Gasteiger partial charge in [0.1, 0.15) is 5.82 Å². The lowest BCUT2D eigenvalue weighted by Gasteiger charge is -2.20. The molecular weight excluding hydrogens is 677 g/mol. The lowest BCUT2D eigenvalue weighted by molar-refractivity contribution is 0.801. The molecule has 1 unspecified atom stereocenters. The van der Waals surface area contributed by atoms with Crippen LogP contribution in [0.15, 0.2) is 152 Å². The van der Waals surface area contributed by atoms with E-state index < -0.39 is 0 Å².